The highest BCUT2D eigenvalue weighted by Crippen LogP contribution is 2.25. The first-order chi connectivity index (χ1) is 9.10. The van der Waals surface area contributed by atoms with E-state index in [4.69, 9.17) is 4.74 Å². The second-order valence-electron chi connectivity index (χ2n) is 3.41. The number of carbonyl (C=O) groups excluding carboxylic acids is 1. The van der Waals surface area contributed by atoms with Crippen molar-refractivity contribution in [2.45, 2.75) is 0 Å². The van der Waals surface area contributed by atoms with E-state index < -0.39 is 11.8 Å². The molecule has 98 valence electrons. The van der Waals surface area contributed by atoms with Gasteiger partial charge >= 0.3 is 5.97 Å². The monoisotopic (exact) mass is 326 g/mol. The van der Waals surface area contributed by atoms with Crippen LogP contribution in [-0.2, 0) is 4.74 Å². The third-order valence-corrected chi connectivity index (χ3v) is 2.62. The van der Waals surface area contributed by atoms with Crippen LogP contribution in [0.4, 0.5) is 4.39 Å². The molecule has 1 aromatic heterocycles. The molecule has 0 bridgehead atoms. The number of benzene rings is 1. The second kappa shape index (κ2) is 5.75. The van der Waals surface area contributed by atoms with E-state index in [9.17, 15) is 9.18 Å². The average molecular weight is 327 g/mol. The molecule has 19 heavy (non-hydrogen) atoms. The number of nitrogens with zero attached hydrogens (tertiary/aromatic N) is 2. The van der Waals surface area contributed by atoms with Gasteiger partial charge in [-0.3, -0.25) is 0 Å². The molecule has 0 saturated heterocycles. The van der Waals surface area contributed by atoms with Gasteiger partial charge in [0, 0.05) is 4.47 Å². The molecule has 0 amide bonds. The van der Waals surface area contributed by atoms with E-state index in [-0.39, 0.29) is 17.3 Å². The lowest BCUT2D eigenvalue weighted by Crippen LogP contribution is -2.05. The first kappa shape index (κ1) is 13.4. The fourth-order valence-corrected chi connectivity index (χ4v) is 1.58. The topological polar surface area (TPSA) is 61.3 Å². The summed E-state index contributed by atoms with van der Waals surface area (Å²) in [4.78, 5) is 18.8. The molecule has 0 saturated carbocycles. The minimum atomic E-state index is -0.603. The van der Waals surface area contributed by atoms with Crippen molar-refractivity contribution in [3.05, 3.63) is 46.6 Å². The van der Waals surface area contributed by atoms with E-state index in [0.717, 1.165) is 0 Å². The molecule has 0 aliphatic rings. The van der Waals surface area contributed by atoms with Crippen molar-refractivity contribution in [1.82, 2.24) is 9.97 Å². The van der Waals surface area contributed by atoms with Crippen molar-refractivity contribution in [1.29, 1.82) is 0 Å². The van der Waals surface area contributed by atoms with E-state index in [0.29, 0.717) is 4.47 Å². The zero-order chi connectivity index (χ0) is 13.8. The number of carbonyl (C=O) groups is 1. The number of halogens is 2. The summed E-state index contributed by atoms with van der Waals surface area (Å²) < 4.78 is 23.8. The summed E-state index contributed by atoms with van der Waals surface area (Å²) in [6, 6.07) is 4.36. The van der Waals surface area contributed by atoms with Crippen LogP contribution in [0.3, 0.4) is 0 Å². The van der Waals surface area contributed by atoms with Gasteiger partial charge in [0.2, 0.25) is 5.88 Å². The maximum absolute atomic E-state index is 13.5. The number of hydrogen-bond donors (Lipinski definition) is 0. The first-order valence-corrected chi connectivity index (χ1v) is 5.92. The number of rotatable bonds is 3. The van der Waals surface area contributed by atoms with Crippen molar-refractivity contribution in [3.8, 4) is 11.6 Å². The Labute approximate surface area is 116 Å². The number of hydrogen-bond acceptors (Lipinski definition) is 5. The maximum Gasteiger partial charge on any atom is 0.358 e. The Kier molecular flexibility index (Phi) is 4.06. The molecule has 0 N–H and O–H groups in total. The SMILES string of the molecule is COC(=O)c1cnc(Oc2ccc(Br)cc2F)cn1. The lowest BCUT2D eigenvalue weighted by Gasteiger charge is -2.06. The van der Waals surface area contributed by atoms with Gasteiger partial charge in [0.1, 0.15) is 0 Å². The Morgan fingerprint density at radius 2 is 2.11 bits per heavy atom. The molecule has 7 heteroatoms. The summed E-state index contributed by atoms with van der Waals surface area (Å²) in [6.07, 6.45) is 2.41. The Hall–Kier alpha value is -2.02. The minimum Gasteiger partial charge on any atom is -0.464 e. The molecule has 0 spiro atoms. The van der Waals surface area contributed by atoms with Crippen LogP contribution >= 0.6 is 15.9 Å². The van der Waals surface area contributed by atoms with E-state index in [2.05, 4.69) is 30.6 Å². The van der Waals surface area contributed by atoms with Crippen LogP contribution in [0.2, 0.25) is 0 Å². The molecule has 0 fully saturated rings. The van der Waals surface area contributed by atoms with Crippen LogP contribution < -0.4 is 4.74 Å². The predicted molar refractivity (Wildman–Crippen MR) is 67.5 cm³/mol. The third kappa shape index (κ3) is 3.25. The second-order valence-corrected chi connectivity index (χ2v) is 4.32. The van der Waals surface area contributed by atoms with Gasteiger partial charge in [0.15, 0.2) is 17.3 Å². The normalized spacial score (nSPS) is 10.1. The highest BCUT2D eigenvalue weighted by molar-refractivity contribution is 9.10. The van der Waals surface area contributed by atoms with Gasteiger partial charge in [-0.25, -0.2) is 19.2 Å². The van der Waals surface area contributed by atoms with E-state index in [1.807, 2.05) is 0 Å². The van der Waals surface area contributed by atoms with Crippen LogP contribution in [0.5, 0.6) is 11.6 Å². The van der Waals surface area contributed by atoms with Crippen molar-refractivity contribution in [2.75, 3.05) is 7.11 Å². The van der Waals surface area contributed by atoms with Crippen LogP contribution in [-0.4, -0.2) is 23.0 Å². The minimum absolute atomic E-state index is 0.0170. The molecule has 2 rings (SSSR count). The van der Waals surface area contributed by atoms with Crippen LogP contribution in [0.1, 0.15) is 10.5 Å². The van der Waals surface area contributed by atoms with Crippen molar-refractivity contribution < 1.29 is 18.7 Å². The molecule has 2 aromatic rings. The fourth-order valence-electron chi connectivity index (χ4n) is 1.25. The van der Waals surface area contributed by atoms with Crippen molar-refractivity contribution in [2.24, 2.45) is 0 Å². The van der Waals surface area contributed by atoms with Crippen LogP contribution in [0.25, 0.3) is 0 Å². The van der Waals surface area contributed by atoms with Gasteiger partial charge < -0.3 is 9.47 Å². The van der Waals surface area contributed by atoms with Gasteiger partial charge in [-0.2, -0.15) is 0 Å². The van der Waals surface area contributed by atoms with Gasteiger partial charge in [-0.15, -0.1) is 0 Å². The maximum atomic E-state index is 13.5. The average Bonchev–Trinajstić information content (AvgIpc) is 2.42. The van der Waals surface area contributed by atoms with Gasteiger partial charge in [-0.1, -0.05) is 15.9 Å². The lowest BCUT2D eigenvalue weighted by atomic mass is 10.3. The summed E-state index contributed by atoms with van der Waals surface area (Å²) in [5, 5.41) is 0. The van der Waals surface area contributed by atoms with Gasteiger partial charge in [0.05, 0.1) is 19.5 Å². The highest BCUT2D eigenvalue weighted by Gasteiger charge is 2.10. The summed E-state index contributed by atoms with van der Waals surface area (Å²) in [5.74, 6) is -1.04. The number of ether oxygens (including phenoxy) is 2. The highest BCUT2D eigenvalue weighted by atomic mass is 79.9. The van der Waals surface area contributed by atoms with Crippen molar-refractivity contribution >= 4 is 21.9 Å². The molecule has 0 aliphatic carbocycles. The molecule has 1 heterocycles. The lowest BCUT2D eigenvalue weighted by molar-refractivity contribution is 0.0593. The molecule has 1 aromatic carbocycles. The Morgan fingerprint density at radius 1 is 1.32 bits per heavy atom. The van der Waals surface area contributed by atoms with Crippen molar-refractivity contribution in [3.63, 3.8) is 0 Å². The third-order valence-electron chi connectivity index (χ3n) is 2.13. The zero-order valence-corrected chi connectivity index (χ0v) is 11.3. The van der Waals surface area contributed by atoms with Crippen LogP contribution in [0, 0.1) is 5.82 Å². The van der Waals surface area contributed by atoms with E-state index in [1.54, 1.807) is 6.07 Å². The predicted octanol–water partition coefficient (Wildman–Crippen LogP) is 2.96. The standard InChI is InChI=1S/C12H8BrFN2O3/c1-18-12(17)9-5-16-11(6-15-9)19-10-3-2-7(13)4-8(10)14/h2-6H,1H3. The number of methoxy groups -OCH3 is 1. The number of esters is 1. The zero-order valence-electron chi connectivity index (χ0n) is 9.76. The molecule has 5 nitrogen and oxygen atoms in total. The molecular formula is C12H8BrFN2O3. The molecule has 0 unspecified atom stereocenters. The summed E-state index contributed by atoms with van der Waals surface area (Å²) in [5.41, 5.74) is 0.0473. The first-order valence-electron chi connectivity index (χ1n) is 5.13. The summed E-state index contributed by atoms with van der Waals surface area (Å²) in [7, 11) is 1.24. The van der Waals surface area contributed by atoms with Gasteiger partial charge in [0.25, 0.3) is 0 Å². The molecule has 0 atom stereocenters. The largest absolute Gasteiger partial charge is 0.464 e. The molecule has 0 radical (unpaired) electrons. The quantitative estimate of drug-likeness (QED) is 0.811. The Morgan fingerprint density at radius 3 is 2.68 bits per heavy atom. The summed E-state index contributed by atoms with van der Waals surface area (Å²) >= 11 is 3.14. The Balaban J connectivity index is 2.17. The molecular weight excluding hydrogens is 319 g/mol. The molecule has 0 aliphatic heterocycles. The fraction of sp³-hybridized carbons (Fsp3) is 0.0833. The van der Waals surface area contributed by atoms with Gasteiger partial charge in [-0.05, 0) is 18.2 Å². The smallest absolute Gasteiger partial charge is 0.358 e. The van der Waals surface area contributed by atoms with Crippen LogP contribution in [0.15, 0.2) is 35.1 Å². The van der Waals surface area contributed by atoms with E-state index in [1.165, 1.54) is 31.6 Å². The summed E-state index contributed by atoms with van der Waals surface area (Å²) in [6.45, 7) is 0. The van der Waals surface area contributed by atoms with E-state index >= 15 is 0 Å². The Bertz CT molecular complexity index is 604. The number of aromatic nitrogens is 2.